The van der Waals surface area contributed by atoms with Crippen molar-refractivity contribution in [1.29, 1.82) is 0 Å². The molecule has 0 atom stereocenters. The lowest BCUT2D eigenvalue weighted by Crippen LogP contribution is -2.24. The number of aryl methyl sites for hydroxylation is 2. The predicted octanol–water partition coefficient (Wildman–Crippen LogP) is 4.84. The molecule has 3 rings (SSSR count). The third-order valence-corrected chi connectivity index (χ3v) is 4.91. The van der Waals surface area contributed by atoms with Crippen molar-refractivity contribution < 1.29 is 9.53 Å². The Morgan fingerprint density at radius 2 is 1.90 bits per heavy atom. The van der Waals surface area contributed by atoms with Crippen LogP contribution in [0.5, 0.6) is 5.75 Å². The fourth-order valence-corrected chi connectivity index (χ4v) is 3.33. The van der Waals surface area contributed by atoms with Gasteiger partial charge >= 0.3 is 0 Å². The minimum absolute atomic E-state index is 0.123. The molecule has 2 aromatic carbocycles. The molecular weight excluding hydrogens is 386 g/mol. The van der Waals surface area contributed by atoms with Gasteiger partial charge in [-0.1, -0.05) is 36.7 Å². The van der Waals surface area contributed by atoms with Crippen molar-refractivity contribution in [1.82, 2.24) is 9.99 Å². The highest BCUT2D eigenvalue weighted by Gasteiger charge is 2.12. The van der Waals surface area contributed by atoms with E-state index >= 15 is 0 Å². The molecule has 1 aromatic heterocycles. The van der Waals surface area contributed by atoms with Gasteiger partial charge < -0.3 is 9.30 Å². The van der Waals surface area contributed by atoms with E-state index in [2.05, 4.69) is 53.2 Å². The van der Waals surface area contributed by atoms with Gasteiger partial charge in [-0.15, -0.1) is 0 Å². The third-order valence-electron chi connectivity index (χ3n) is 4.66. The number of hydrogen-bond acceptors (Lipinski definition) is 3. The Bertz CT molecular complexity index is 1020. The molecule has 0 radical (unpaired) electrons. The van der Waals surface area contributed by atoms with Crippen molar-refractivity contribution >= 4 is 23.7 Å². The van der Waals surface area contributed by atoms with Gasteiger partial charge in [0.15, 0.2) is 6.61 Å². The maximum absolute atomic E-state index is 12.0. The van der Waals surface area contributed by atoms with Crippen LogP contribution >= 0.6 is 11.6 Å². The number of carbonyl (C=O) groups excluding carboxylic acids is 1. The molecule has 0 aliphatic heterocycles. The molecule has 1 heterocycles. The van der Waals surface area contributed by atoms with Gasteiger partial charge in [0.25, 0.3) is 5.91 Å². The number of benzene rings is 2. The van der Waals surface area contributed by atoms with Crippen molar-refractivity contribution in [2.24, 2.45) is 5.10 Å². The van der Waals surface area contributed by atoms with Gasteiger partial charge in [0.2, 0.25) is 0 Å². The Hall–Kier alpha value is -3.05. The molecule has 150 valence electrons. The zero-order valence-electron chi connectivity index (χ0n) is 16.8. The van der Waals surface area contributed by atoms with Gasteiger partial charge in [-0.2, -0.15) is 5.10 Å². The summed E-state index contributed by atoms with van der Waals surface area (Å²) in [5.41, 5.74) is 8.09. The minimum atomic E-state index is -0.332. The molecule has 0 spiro atoms. The van der Waals surface area contributed by atoms with Crippen LogP contribution in [0.1, 0.15) is 29.4 Å². The molecule has 0 saturated carbocycles. The highest BCUT2D eigenvalue weighted by atomic mass is 35.5. The first kappa shape index (κ1) is 20.7. The first-order valence-corrected chi connectivity index (χ1v) is 9.85. The van der Waals surface area contributed by atoms with Gasteiger partial charge in [-0.05, 0) is 62.2 Å². The van der Waals surface area contributed by atoms with E-state index in [1.165, 1.54) is 11.3 Å². The molecule has 0 fully saturated rings. The van der Waals surface area contributed by atoms with E-state index in [0.717, 1.165) is 23.4 Å². The Morgan fingerprint density at radius 3 is 2.62 bits per heavy atom. The molecule has 3 aromatic rings. The first-order valence-electron chi connectivity index (χ1n) is 9.47. The Balaban J connectivity index is 1.65. The average molecular weight is 410 g/mol. The fourth-order valence-electron chi connectivity index (χ4n) is 3.20. The van der Waals surface area contributed by atoms with E-state index in [1.54, 1.807) is 30.5 Å². The number of rotatable bonds is 7. The summed E-state index contributed by atoms with van der Waals surface area (Å²) in [5, 5.41) is 4.70. The van der Waals surface area contributed by atoms with E-state index in [4.69, 9.17) is 16.3 Å². The van der Waals surface area contributed by atoms with Crippen LogP contribution in [0.2, 0.25) is 5.02 Å². The normalized spacial score (nSPS) is 11.0. The van der Waals surface area contributed by atoms with E-state index in [0.29, 0.717) is 10.8 Å². The Labute approximate surface area is 176 Å². The molecule has 0 saturated heterocycles. The molecular formula is C23H24ClN3O2. The van der Waals surface area contributed by atoms with Crippen LogP contribution in [0.25, 0.3) is 5.69 Å². The summed E-state index contributed by atoms with van der Waals surface area (Å²) in [6.45, 7) is 6.14. The van der Waals surface area contributed by atoms with Crippen LogP contribution in [-0.2, 0) is 11.2 Å². The number of amides is 1. The number of carbonyl (C=O) groups is 1. The Kier molecular flexibility index (Phi) is 6.73. The summed E-state index contributed by atoms with van der Waals surface area (Å²) in [6.07, 6.45) is 2.62. The Morgan fingerprint density at radius 1 is 1.17 bits per heavy atom. The topological polar surface area (TPSA) is 55.6 Å². The smallest absolute Gasteiger partial charge is 0.277 e. The van der Waals surface area contributed by atoms with Crippen LogP contribution in [0, 0.1) is 13.8 Å². The molecule has 1 N–H and O–H groups in total. The van der Waals surface area contributed by atoms with E-state index in [9.17, 15) is 4.79 Å². The maximum Gasteiger partial charge on any atom is 0.277 e. The van der Waals surface area contributed by atoms with Crippen molar-refractivity contribution in [3.05, 3.63) is 82.1 Å². The number of nitrogens with one attached hydrogen (secondary N) is 1. The summed E-state index contributed by atoms with van der Waals surface area (Å²) < 4.78 is 7.62. The van der Waals surface area contributed by atoms with Crippen molar-refractivity contribution in [2.75, 3.05) is 6.61 Å². The second-order valence-electron chi connectivity index (χ2n) is 6.68. The molecule has 0 aliphatic rings. The van der Waals surface area contributed by atoms with Crippen LogP contribution in [0.3, 0.4) is 0 Å². The zero-order chi connectivity index (χ0) is 20.8. The highest BCUT2D eigenvalue weighted by molar-refractivity contribution is 6.30. The lowest BCUT2D eigenvalue weighted by molar-refractivity contribution is -0.123. The van der Waals surface area contributed by atoms with E-state index < -0.39 is 0 Å². The van der Waals surface area contributed by atoms with Gasteiger partial charge in [0.1, 0.15) is 5.75 Å². The van der Waals surface area contributed by atoms with Crippen LogP contribution in [-0.4, -0.2) is 23.3 Å². The van der Waals surface area contributed by atoms with Crippen molar-refractivity contribution in [3.8, 4) is 11.4 Å². The number of hydrogen-bond donors (Lipinski definition) is 1. The second kappa shape index (κ2) is 9.43. The van der Waals surface area contributed by atoms with E-state index in [1.807, 2.05) is 13.0 Å². The molecule has 29 heavy (non-hydrogen) atoms. The van der Waals surface area contributed by atoms with Crippen LogP contribution in [0.15, 0.2) is 59.7 Å². The largest absolute Gasteiger partial charge is 0.484 e. The molecule has 0 bridgehead atoms. The minimum Gasteiger partial charge on any atom is -0.484 e. The molecule has 5 nitrogen and oxygen atoms in total. The third kappa shape index (κ3) is 5.06. The number of hydrazone groups is 1. The first-order chi connectivity index (χ1) is 14.0. The maximum atomic E-state index is 12.0. The van der Waals surface area contributed by atoms with Gasteiger partial charge in [-0.25, -0.2) is 5.43 Å². The number of halogens is 1. The molecule has 0 unspecified atom stereocenters. The summed E-state index contributed by atoms with van der Waals surface area (Å²) in [7, 11) is 0. The lowest BCUT2D eigenvalue weighted by atomic mass is 10.1. The molecule has 1 amide bonds. The standard InChI is InChI=1S/C23H24ClN3O2/c1-4-18-7-5-6-8-22(18)27-16(2)13-19(17(27)3)14-25-26-23(28)15-29-21-11-9-20(24)10-12-21/h5-14H,4,15H2,1-3H3,(H,26,28)/b25-14-. The number of aromatic nitrogens is 1. The van der Waals surface area contributed by atoms with Gasteiger partial charge in [0, 0.05) is 27.7 Å². The predicted molar refractivity (Wildman–Crippen MR) is 117 cm³/mol. The quantitative estimate of drug-likeness (QED) is 0.448. The van der Waals surface area contributed by atoms with Crippen molar-refractivity contribution in [3.63, 3.8) is 0 Å². The van der Waals surface area contributed by atoms with Crippen LogP contribution < -0.4 is 10.2 Å². The summed E-state index contributed by atoms with van der Waals surface area (Å²) in [6, 6.07) is 17.3. The fraction of sp³-hybridized carbons (Fsp3) is 0.217. The average Bonchev–Trinajstić information content (AvgIpc) is 3.00. The zero-order valence-corrected chi connectivity index (χ0v) is 17.5. The van der Waals surface area contributed by atoms with Crippen molar-refractivity contribution in [2.45, 2.75) is 27.2 Å². The lowest BCUT2D eigenvalue weighted by Gasteiger charge is -2.13. The van der Waals surface area contributed by atoms with Gasteiger partial charge in [-0.3, -0.25) is 4.79 Å². The highest BCUT2D eigenvalue weighted by Crippen LogP contribution is 2.23. The number of nitrogens with zero attached hydrogens (tertiary/aromatic N) is 2. The van der Waals surface area contributed by atoms with Gasteiger partial charge in [0.05, 0.1) is 6.21 Å². The summed E-state index contributed by atoms with van der Waals surface area (Å²) in [4.78, 5) is 12.0. The molecule has 0 aliphatic carbocycles. The SMILES string of the molecule is CCc1ccccc1-n1c(C)cc(/C=N\NC(=O)COc2ccc(Cl)cc2)c1C. The van der Waals surface area contributed by atoms with E-state index in [-0.39, 0.29) is 12.5 Å². The second-order valence-corrected chi connectivity index (χ2v) is 7.12. The monoisotopic (exact) mass is 409 g/mol. The molecule has 6 heteroatoms. The summed E-state index contributed by atoms with van der Waals surface area (Å²) in [5.74, 6) is 0.244. The summed E-state index contributed by atoms with van der Waals surface area (Å²) >= 11 is 5.83. The number of para-hydroxylation sites is 1. The number of ether oxygens (including phenoxy) is 1. The van der Waals surface area contributed by atoms with Crippen LogP contribution in [0.4, 0.5) is 0 Å².